The average molecular weight is 291 g/mol. The molecule has 1 aromatic heterocycles. The molecular formula is C14H17N3O2S. The third kappa shape index (κ3) is 3.55. The molecule has 5 nitrogen and oxygen atoms in total. The van der Waals surface area contributed by atoms with Gasteiger partial charge in [0.1, 0.15) is 5.82 Å². The van der Waals surface area contributed by atoms with Gasteiger partial charge in [-0.15, -0.1) is 0 Å². The van der Waals surface area contributed by atoms with Gasteiger partial charge in [0.25, 0.3) is 10.0 Å². The van der Waals surface area contributed by atoms with Crippen LogP contribution in [0.3, 0.4) is 0 Å². The minimum Gasteiger partial charge on any atom is -0.330 e. The van der Waals surface area contributed by atoms with Crippen LogP contribution in [-0.2, 0) is 16.4 Å². The molecule has 0 saturated carbocycles. The van der Waals surface area contributed by atoms with Gasteiger partial charge in [0.15, 0.2) is 0 Å². The highest BCUT2D eigenvalue weighted by atomic mass is 32.2. The number of anilines is 1. The molecule has 0 saturated heterocycles. The van der Waals surface area contributed by atoms with Gasteiger partial charge in [0, 0.05) is 5.69 Å². The number of benzene rings is 1. The quantitative estimate of drug-likeness (QED) is 0.878. The maximum atomic E-state index is 12.2. The summed E-state index contributed by atoms with van der Waals surface area (Å²) in [4.78, 5) is 4.33. The predicted molar refractivity (Wildman–Crippen MR) is 79.0 cm³/mol. The number of nitrogens with one attached hydrogen (secondary N) is 1. The second kappa shape index (κ2) is 6.02. The Labute approximate surface area is 118 Å². The van der Waals surface area contributed by atoms with Crippen molar-refractivity contribution in [2.24, 2.45) is 5.73 Å². The molecule has 2 rings (SSSR count). The molecule has 1 heterocycles. The number of nitrogens with zero attached hydrogens (tertiary/aromatic N) is 1. The minimum atomic E-state index is -3.61. The molecule has 106 valence electrons. The third-order valence-electron chi connectivity index (χ3n) is 2.79. The lowest BCUT2D eigenvalue weighted by atomic mass is 10.2. The molecule has 0 bridgehead atoms. The zero-order valence-electron chi connectivity index (χ0n) is 11.2. The van der Waals surface area contributed by atoms with Crippen molar-refractivity contribution in [2.75, 3.05) is 11.3 Å². The van der Waals surface area contributed by atoms with E-state index in [2.05, 4.69) is 9.71 Å². The smallest absolute Gasteiger partial charge is 0.263 e. The van der Waals surface area contributed by atoms with E-state index in [1.807, 2.05) is 0 Å². The fraction of sp³-hybridized carbons (Fsp3) is 0.214. The van der Waals surface area contributed by atoms with Crippen LogP contribution in [0, 0.1) is 6.92 Å². The van der Waals surface area contributed by atoms with E-state index in [-0.39, 0.29) is 4.90 Å². The summed E-state index contributed by atoms with van der Waals surface area (Å²) in [7, 11) is -3.61. The van der Waals surface area contributed by atoms with Crippen LogP contribution in [0.1, 0.15) is 11.3 Å². The normalized spacial score (nSPS) is 11.3. The number of nitrogens with two attached hydrogens (primary N) is 1. The Morgan fingerprint density at radius 3 is 2.45 bits per heavy atom. The molecule has 0 amide bonds. The second-order valence-corrected chi connectivity index (χ2v) is 6.13. The lowest BCUT2D eigenvalue weighted by Crippen LogP contribution is -2.14. The molecule has 1 aromatic carbocycles. The van der Waals surface area contributed by atoms with Gasteiger partial charge in [-0.1, -0.05) is 18.2 Å². The molecule has 0 atom stereocenters. The number of hydrogen-bond donors (Lipinski definition) is 2. The largest absolute Gasteiger partial charge is 0.330 e. The summed E-state index contributed by atoms with van der Waals surface area (Å²) >= 11 is 0. The molecule has 20 heavy (non-hydrogen) atoms. The topological polar surface area (TPSA) is 85.1 Å². The SMILES string of the molecule is Cc1cccc(NS(=O)(=O)c2ccc(CCN)cc2)n1. The first-order chi connectivity index (χ1) is 9.51. The number of aromatic nitrogens is 1. The standard InChI is InChI=1S/C14H17N3O2S/c1-11-3-2-4-14(16-11)17-20(18,19)13-7-5-12(6-8-13)9-10-15/h2-8H,9-10,15H2,1H3,(H,16,17). The van der Waals surface area contributed by atoms with E-state index in [0.29, 0.717) is 12.4 Å². The molecule has 0 fully saturated rings. The van der Waals surface area contributed by atoms with E-state index in [9.17, 15) is 8.42 Å². The summed E-state index contributed by atoms with van der Waals surface area (Å²) in [5.41, 5.74) is 7.23. The predicted octanol–water partition coefficient (Wildman–Crippen LogP) is 1.69. The van der Waals surface area contributed by atoms with Gasteiger partial charge in [-0.2, -0.15) is 0 Å². The molecule has 0 spiro atoms. The number of aryl methyl sites for hydroxylation is 1. The summed E-state index contributed by atoms with van der Waals surface area (Å²) in [5.74, 6) is 0.316. The molecule has 3 N–H and O–H groups in total. The molecule has 0 aliphatic heterocycles. The number of rotatable bonds is 5. The van der Waals surface area contributed by atoms with Gasteiger partial charge in [-0.3, -0.25) is 4.72 Å². The average Bonchev–Trinajstić information content (AvgIpc) is 2.39. The van der Waals surface area contributed by atoms with Crippen LogP contribution >= 0.6 is 0 Å². The molecule has 6 heteroatoms. The highest BCUT2D eigenvalue weighted by Gasteiger charge is 2.14. The lowest BCUT2D eigenvalue weighted by Gasteiger charge is -2.08. The van der Waals surface area contributed by atoms with Crippen LogP contribution in [0.25, 0.3) is 0 Å². The lowest BCUT2D eigenvalue weighted by molar-refractivity contribution is 0.601. The second-order valence-electron chi connectivity index (χ2n) is 4.45. The van der Waals surface area contributed by atoms with E-state index in [1.54, 1.807) is 49.4 Å². The van der Waals surface area contributed by atoms with Gasteiger partial charge in [-0.05, 0) is 49.7 Å². The zero-order valence-corrected chi connectivity index (χ0v) is 12.0. The molecule has 0 unspecified atom stereocenters. The number of pyridine rings is 1. The highest BCUT2D eigenvalue weighted by molar-refractivity contribution is 7.92. The van der Waals surface area contributed by atoms with Crippen molar-refractivity contribution in [1.29, 1.82) is 0 Å². The van der Waals surface area contributed by atoms with Crippen molar-refractivity contribution >= 4 is 15.8 Å². The number of sulfonamides is 1. The summed E-state index contributed by atoms with van der Waals surface area (Å²) < 4.78 is 26.9. The first-order valence-corrected chi connectivity index (χ1v) is 7.75. The van der Waals surface area contributed by atoms with Crippen LogP contribution in [0.4, 0.5) is 5.82 Å². The molecular weight excluding hydrogens is 274 g/mol. The zero-order chi connectivity index (χ0) is 14.6. The highest BCUT2D eigenvalue weighted by Crippen LogP contribution is 2.15. The van der Waals surface area contributed by atoms with Gasteiger partial charge >= 0.3 is 0 Å². The van der Waals surface area contributed by atoms with Crippen molar-refractivity contribution in [3.8, 4) is 0 Å². The van der Waals surface area contributed by atoms with Crippen molar-refractivity contribution < 1.29 is 8.42 Å². The summed E-state index contributed by atoms with van der Waals surface area (Å²) in [6, 6.07) is 11.9. The van der Waals surface area contributed by atoms with Crippen LogP contribution in [-0.4, -0.2) is 19.9 Å². The molecule has 0 aliphatic rings. The third-order valence-corrected chi connectivity index (χ3v) is 4.16. The Kier molecular flexibility index (Phi) is 4.36. The monoisotopic (exact) mass is 291 g/mol. The fourth-order valence-corrected chi connectivity index (χ4v) is 2.80. The maximum Gasteiger partial charge on any atom is 0.263 e. The first kappa shape index (κ1) is 14.5. The Morgan fingerprint density at radius 2 is 1.85 bits per heavy atom. The maximum absolute atomic E-state index is 12.2. The number of hydrogen-bond acceptors (Lipinski definition) is 4. The Morgan fingerprint density at radius 1 is 1.15 bits per heavy atom. The van der Waals surface area contributed by atoms with E-state index in [0.717, 1.165) is 17.7 Å². The van der Waals surface area contributed by atoms with E-state index in [4.69, 9.17) is 5.73 Å². The fourth-order valence-electron chi connectivity index (χ4n) is 1.80. The van der Waals surface area contributed by atoms with Gasteiger partial charge in [0.05, 0.1) is 4.90 Å². The van der Waals surface area contributed by atoms with Crippen LogP contribution in [0.15, 0.2) is 47.4 Å². The Hall–Kier alpha value is -1.92. The van der Waals surface area contributed by atoms with Crippen LogP contribution in [0.5, 0.6) is 0 Å². The van der Waals surface area contributed by atoms with Crippen molar-refractivity contribution in [2.45, 2.75) is 18.2 Å². The van der Waals surface area contributed by atoms with Crippen molar-refractivity contribution in [1.82, 2.24) is 4.98 Å². The van der Waals surface area contributed by atoms with E-state index in [1.165, 1.54) is 0 Å². The summed E-state index contributed by atoms with van der Waals surface area (Å²) in [6.07, 6.45) is 0.729. The first-order valence-electron chi connectivity index (χ1n) is 6.27. The molecule has 0 radical (unpaired) electrons. The summed E-state index contributed by atoms with van der Waals surface area (Å²) in [6.45, 7) is 2.34. The van der Waals surface area contributed by atoms with E-state index < -0.39 is 10.0 Å². The molecule has 0 aliphatic carbocycles. The van der Waals surface area contributed by atoms with Gasteiger partial charge in [0.2, 0.25) is 0 Å². The van der Waals surface area contributed by atoms with E-state index >= 15 is 0 Å². The molecule has 2 aromatic rings. The Balaban J connectivity index is 2.21. The van der Waals surface area contributed by atoms with Crippen LogP contribution in [0.2, 0.25) is 0 Å². The Bertz CT molecular complexity index is 682. The van der Waals surface area contributed by atoms with Crippen molar-refractivity contribution in [3.63, 3.8) is 0 Å². The van der Waals surface area contributed by atoms with Crippen LogP contribution < -0.4 is 10.5 Å². The summed E-state index contributed by atoms with van der Waals surface area (Å²) in [5, 5.41) is 0. The van der Waals surface area contributed by atoms with Gasteiger partial charge < -0.3 is 5.73 Å². The van der Waals surface area contributed by atoms with Gasteiger partial charge in [-0.25, -0.2) is 13.4 Å². The van der Waals surface area contributed by atoms with Crippen molar-refractivity contribution in [3.05, 3.63) is 53.7 Å². The minimum absolute atomic E-state index is 0.210.